The van der Waals surface area contributed by atoms with E-state index in [0.29, 0.717) is 24.5 Å². The van der Waals surface area contributed by atoms with Gasteiger partial charge in [0, 0.05) is 38.8 Å². The van der Waals surface area contributed by atoms with Gasteiger partial charge in [0.1, 0.15) is 17.4 Å². The largest absolute Gasteiger partial charge is 0.573 e. The Balaban J connectivity index is 1.37. The molecule has 2 aliphatic rings. The van der Waals surface area contributed by atoms with Crippen LogP contribution in [0, 0.1) is 0 Å². The Hall–Kier alpha value is -2.75. The topological polar surface area (TPSA) is 73.8 Å². The minimum atomic E-state index is -4.73. The van der Waals surface area contributed by atoms with Crippen LogP contribution in [0.4, 0.5) is 30.8 Å². The van der Waals surface area contributed by atoms with E-state index in [4.69, 9.17) is 0 Å². The van der Waals surface area contributed by atoms with Gasteiger partial charge in [-0.25, -0.2) is 0 Å². The van der Waals surface area contributed by atoms with Crippen LogP contribution < -0.4 is 19.9 Å². The minimum absolute atomic E-state index is 0.312. The van der Waals surface area contributed by atoms with E-state index in [9.17, 15) is 18.3 Å². The monoisotopic (exact) mass is 451 g/mol. The fourth-order valence-electron chi connectivity index (χ4n) is 4.10. The molecule has 0 amide bonds. The summed E-state index contributed by atoms with van der Waals surface area (Å²) in [6, 6.07) is 7.32. The maximum atomic E-state index is 12.3. The molecule has 174 valence electrons. The number of aromatic nitrogens is 2. The number of rotatable bonds is 8. The third kappa shape index (κ3) is 5.93. The molecule has 2 N–H and O–H groups in total. The Morgan fingerprint density at radius 1 is 0.938 bits per heavy atom. The molecular formula is C22H28F3N5O2. The molecule has 2 saturated heterocycles. The first-order valence-electron chi connectivity index (χ1n) is 11.0. The molecule has 0 aliphatic carbocycles. The highest BCUT2D eigenvalue weighted by molar-refractivity contribution is 5.55. The van der Waals surface area contributed by atoms with Crippen molar-refractivity contribution in [3.63, 3.8) is 0 Å². The van der Waals surface area contributed by atoms with Crippen LogP contribution in [0.2, 0.25) is 0 Å². The molecule has 1 aromatic heterocycles. The van der Waals surface area contributed by atoms with E-state index in [2.05, 4.69) is 35.9 Å². The molecule has 1 atom stereocenters. The van der Waals surface area contributed by atoms with Gasteiger partial charge < -0.3 is 25.0 Å². The van der Waals surface area contributed by atoms with Crippen molar-refractivity contribution < 1.29 is 23.0 Å². The molecule has 7 nitrogen and oxygen atoms in total. The van der Waals surface area contributed by atoms with Crippen molar-refractivity contribution >= 4 is 17.6 Å². The lowest BCUT2D eigenvalue weighted by Gasteiger charge is -2.22. The quantitative estimate of drug-likeness (QED) is 0.626. The molecule has 0 radical (unpaired) electrons. The molecule has 0 spiro atoms. The van der Waals surface area contributed by atoms with Crippen LogP contribution in [0.3, 0.4) is 0 Å². The Labute approximate surface area is 185 Å². The number of hydrogen-bond donors (Lipinski definition) is 2. The molecule has 4 rings (SSSR count). The zero-order chi connectivity index (χ0) is 22.6. The first-order chi connectivity index (χ1) is 15.4. The summed E-state index contributed by atoms with van der Waals surface area (Å²) in [4.78, 5) is 13.9. The van der Waals surface area contributed by atoms with Crippen molar-refractivity contribution in [1.29, 1.82) is 0 Å². The normalized spacial score (nSPS) is 17.6. The second kappa shape index (κ2) is 9.81. The second-order valence-electron chi connectivity index (χ2n) is 8.14. The Bertz CT molecular complexity index is 848. The number of aliphatic hydroxyl groups is 1. The van der Waals surface area contributed by atoms with Gasteiger partial charge in [0.2, 0.25) is 5.95 Å². The summed E-state index contributed by atoms with van der Waals surface area (Å²) in [5, 5.41) is 13.6. The molecule has 1 unspecified atom stereocenters. The Morgan fingerprint density at radius 2 is 1.47 bits per heavy atom. The summed E-state index contributed by atoms with van der Waals surface area (Å²) in [7, 11) is 0. The van der Waals surface area contributed by atoms with Crippen LogP contribution in [-0.2, 0) is 0 Å². The van der Waals surface area contributed by atoms with E-state index in [0.717, 1.165) is 63.5 Å². The van der Waals surface area contributed by atoms with Crippen LogP contribution in [0.15, 0.2) is 30.3 Å². The van der Waals surface area contributed by atoms with E-state index in [1.54, 1.807) is 0 Å². The summed E-state index contributed by atoms with van der Waals surface area (Å²) in [5.41, 5.74) is 0.519. The maximum absolute atomic E-state index is 12.3. The van der Waals surface area contributed by atoms with Crippen molar-refractivity contribution in [2.24, 2.45) is 0 Å². The van der Waals surface area contributed by atoms with Crippen molar-refractivity contribution in [3.05, 3.63) is 35.9 Å². The summed E-state index contributed by atoms with van der Waals surface area (Å²) in [6.07, 6.45) is -0.579. The number of ether oxygens (including phenoxy) is 1. The summed E-state index contributed by atoms with van der Waals surface area (Å²) in [5.74, 6) is 2.05. The second-order valence-corrected chi connectivity index (χ2v) is 8.14. The fraction of sp³-hybridized carbons (Fsp3) is 0.545. The van der Waals surface area contributed by atoms with Gasteiger partial charge in [0.15, 0.2) is 0 Å². The number of hydrogen-bond acceptors (Lipinski definition) is 7. The number of anilines is 3. The third-order valence-corrected chi connectivity index (χ3v) is 5.76. The molecule has 1 aromatic carbocycles. The number of nitrogens with one attached hydrogen (secondary N) is 1. The zero-order valence-electron chi connectivity index (χ0n) is 17.8. The van der Waals surface area contributed by atoms with Crippen LogP contribution in [0.5, 0.6) is 5.75 Å². The molecule has 3 heterocycles. The molecule has 2 fully saturated rings. The van der Waals surface area contributed by atoms with Gasteiger partial charge in [0.05, 0.1) is 6.10 Å². The molecule has 0 bridgehead atoms. The van der Waals surface area contributed by atoms with E-state index in [1.807, 2.05) is 0 Å². The maximum Gasteiger partial charge on any atom is 0.573 e. The van der Waals surface area contributed by atoms with E-state index in [-0.39, 0.29) is 5.75 Å². The number of benzene rings is 1. The van der Waals surface area contributed by atoms with Gasteiger partial charge in [0.25, 0.3) is 0 Å². The Kier molecular flexibility index (Phi) is 6.88. The predicted molar refractivity (Wildman–Crippen MR) is 116 cm³/mol. The number of aliphatic hydroxyl groups excluding tert-OH is 1. The molecule has 32 heavy (non-hydrogen) atoms. The molecule has 2 aliphatic heterocycles. The van der Waals surface area contributed by atoms with Crippen LogP contribution >= 0.6 is 0 Å². The summed E-state index contributed by atoms with van der Waals surface area (Å²) < 4.78 is 40.7. The zero-order valence-corrected chi connectivity index (χ0v) is 17.8. The highest BCUT2D eigenvalue weighted by Crippen LogP contribution is 2.27. The average molecular weight is 451 g/mol. The lowest BCUT2D eigenvalue weighted by atomic mass is 10.1. The van der Waals surface area contributed by atoms with Gasteiger partial charge in [-0.2, -0.15) is 9.97 Å². The lowest BCUT2D eigenvalue weighted by molar-refractivity contribution is -0.274. The first kappa shape index (κ1) is 22.4. The SMILES string of the molecule is OC(CCNc1nc(N2CCCC2)cc(N2CCCC2)n1)c1ccc(OC(F)(F)F)cc1. The van der Waals surface area contributed by atoms with E-state index >= 15 is 0 Å². The van der Waals surface area contributed by atoms with Gasteiger partial charge in [-0.3, -0.25) is 0 Å². The highest BCUT2D eigenvalue weighted by atomic mass is 19.4. The van der Waals surface area contributed by atoms with Crippen molar-refractivity contribution in [1.82, 2.24) is 9.97 Å². The lowest BCUT2D eigenvalue weighted by Crippen LogP contribution is -2.24. The van der Waals surface area contributed by atoms with Gasteiger partial charge in [-0.05, 0) is 49.8 Å². The Morgan fingerprint density at radius 3 is 1.97 bits per heavy atom. The van der Waals surface area contributed by atoms with Gasteiger partial charge in [-0.15, -0.1) is 13.2 Å². The van der Waals surface area contributed by atoms with Crippen molar-refractivity contribution in [3.8, 4) is 5.75 Å². The smallest absolute Gasteiger partial charge is 0.406 e. The van der Waals surface area contributed by atoms with Crippen molar-refractivity contribution in [2.45, 2.75) is 44.6 Å². The molecule has 10 heteroatoms. The number of halogens is 3. The van der Waals surface area contributed by atoms with E-state index in [1.165, 1.54) is 24.3 Å². The molecule has 0 saturated carbocycles. The van der Waals surface area contributed by atoms with Crippen LogP contribution in [0.1, 0.15) is 43.8 Å². The molecule has 2 aromatic rings. The standard InChI is InChI=1S/C22H28F3N5O2/c23-22(24,25)32-17-7-5-16(6-8-17)18(31)9-10-26-21-27-19(29-11-1-2-12-29)15-20(28-21)30-13-3-4-14-30/h5-8,15,18,31H,1-4,9-14H2,(H,26,27,28). The average Bonchev–Trinajstić information content (AvgIpc) is 3.47. The predicted octanol–water partition coefficient (Wildman–Crippen LogP) is 4.11. The van der Waals surface area contributed by atoms with Gasteiger partial charge in [-0.1, -0.05) is 12.1 Å². The molecular weight excluding hydrogens is 423 g/mol. The van der Waals surface area contributed by atoms with Crippen molar-refractivity contribution in [2.75, 3.05) is 47.8 Å². The summed E-state index contributed by atoms with van der Waals surface area (Å²) in [6.45, 7) is 4.38. The third-order valence-electron chi connectivity index (χ3n) is 5.76. The fourth-order valence-corrected chi connectivity index (χ4v) is 4.10. The number of alkyl halides is 3. The number of nitrogens with zero attached hydrogens (tertiary/aromatic N) is 4. The van der Waals surface area contributed by atoms with E-state index < -0.39 is 12.5 Å². The van der Waals surface area contributed by atoms with Gasteiger partial charge >= 0.3 is 6.36 Å². The summed E-state index contributed by atoms with van der Waals surface area (Å²) >= 11 is 0. The van der Waals surface area contributed by atoms with Crippen LogP contribution in [0.25, 0.3) is 0 Å². The first-order valence-corrected chi connectivity index (χ1v) is 11.0. The highest BCUT2D eigenvalue weighted by Gasteiger charge is 2.31. The minimum Gasteiger partial charge on any atom is -0.406 e. The van der Waals surface area contributed by atoms with Crippen LogP contribution in [-0.4, -0.2) is 54.2 Å².